The van der Waals surface area contributed by atoms with Crippen molar-refractivity contribution in [2.75, 3.05) is 13.1 Å². The van der Waals surface area contributed by atoms with Gasteiger partial charge in [0.15, 0.2) is 0 Å². The van der Waals surface area contributed by atoms with Gasteiger partial charge in [-0.2, -0.15) is 0 Å². The lowest BCUT2D eigenvalue weighted by atomic mass is 9.76. The molecule has 0 spiro atoms. The summed E-state index contributed by atoms with van der Waals surface area (Å²) in [5, 5.41) is 3.77. The van der Waals surface area contributed by atoms with Crippen molar-refractivity contribution < 1.29 is 4.39 Å². The van der Waals surface area contributed by atoms with Crippen molar-refractivity contribution >= 4 is 11.6 Å². The molecule has 3 heteroatoms. The van der Waals surface area contributed by atoms with Crippen LogP contribution >= 0.6 is 11.6 Å². The number of halogens is 2. The normalized spacial score (nSPS) is 23.5. The Bertz CT molecular complexity index is 408. The molecule has 1 fully saturated rings. The molecule has 1 nitrogen and oxygen atoms in total. The van der Waals surface area contributed by atoms with Crippen molar-refractivity contribution in [3.05, 3.63) is 34.6 Å². The second-order valence-electron chi connectivity index (χ2n) is 5.53. The monoisotopic (exact) mass is 283 g/mol. The number of hydrogen-bond acceptors (Lipinski definition) is 1. The standard InChI is InChI=1S/C16H23ClFN/c1-2-19-11-14-7-4-3-6-12(14)10-13-8-5-9-15(18)16(13)17/h5,8-9,12,14,19H,2-4,6-7,10-11H2,1H3. The Labute approximate surface area is 120 Å². The van der Waals surface area contributed by atoms with Crippen LogP contribution in [-0.2, 0) is 6.42 Å². The highest BCUT2D eigenvalue weighted by molar-refractivity contribution is 6.31. The molecule has 0 bridgehead atoms. The fourth-order valence-electron chi connectivity index (χ4n) is 3.14. The lowest BCUT2D eigenvalue weighted by Crippen LogP contribution is -2.31. The van der Waals surface area contributed by atoms with Crippen LogP contribution in [0.3, 0.4) is 0 Å². The molecule has 1 aromatic carbocycles. The van der Waals surface area contributed by atoms with E-state index in [-0.39, 0.29) is 5.82 Å². The largest absolute Gasteiger partial charge is 0.317 e. The number of benzene rings is 1. The van der Waals surface area contributed by atoms with Crippen molar-refractivity contribution in [1.82, 2.24) is 5.32 Å². The Hall–Kier alpha value is -0.600. The highest BCUT2D eigenvalue weighted by Gasteiger charge is 2.25. The zero-order valence-electron chi connectivity index (χ0n) is 11.6. The first-order valence-electron chi connectivity index (χ1n) is 7.36. The van der Waals surface area contributed by atoms with Crippen molar-refractivity contribution in [1.29, 1.82) is 0 Å². The van der Waals surface area contributed by atoms with E-state index in [9.17, 15) is 4.39 Å². The molecular formula is C16H23ClFN. The Morgan fingerprint density at radius 1 is 1.26 bits per heavy atom. The molecule has 0 heterocycles. The topological polar surface area (TPSA) is 12.0 Å². The third-order valence-electron chi connectivity index (χ3n) is 4.24. The lowest BCUT2D eigenvalue weighted by molar-refractivity contribution is 0.229. The Balaban J connectivity index is 2.04. The molecule has 1 aliphatic rings. The predicted octanol–water partition coefficient (Wildman–Crippen LogP) is 4.44. The molecule has 1 aromatic rings. The van der Waals surface area contributed by atoms with Crippen LogP contribution < -0.4 is 5.32 Å². The van der Waals surface area contributed by atoms with Gasteiger partial charge in [-0.05, 0) is 55.8 Å². The molecule has 0 saturated heterocycles. The molecule has 0 aromatic heterocycles. The van der Waals surface area contributed by atoms with E-state index in [0.29, 0.717) is 16.9 Å². The van der Waals surface area contributed by atoms with Crippen LogP contribution in [0, 0.1) is 17.7 Å². The average Bonchev–Trinajstić information content (AvgIpc) is 2.43. The quantitative estimate of drug-likeness (QED) is 0.842. The fraction of sp³-hybridized carbons (Fsp3) is 0.625. The summed E-state index contributed by atoms with van der Waals surface area (Å²) in [6.45, 7) is 4.24. The van der Waals surface area contributed by atoms with Gasteiger partial charge in [0, 0.05) is 0 Å². The van der Waals surface area contributed by atoms with Crippen LogP contribution in [0.2, 0.25) is 5.02 Å². The van der Waals surface area contributed by atoms with Crippen LogP contribution in [-0.4, -0.2) is 13.1 Å². The molecular weight excluding hydrogens is 261 g/mol. The molecule has 19 heavy (non-hydrogen) atoms. The van der Waals surface area contributed by atoms with Crippen LogP contribution in [0.15, 0.2) is 18.2 Å². The van der Waals surface area contributed by atoms with E-state index in [2.05, 4.69) is 12.2 Å². The smallest absolute Gasteiger partial charge is 0.142 e. The number of rotatable bonds is 5. The first kappa shape index (κ1) is 14.8. The highest BCUT2D eigenvalue weighted by atomic mass is 35.5. The van der Waals surface area contributed by atoms with Crippen LogP contribution in [0.5, 0.6) is 0 Å². The van der Waals surface area contributed by atoms with Crippen molar-refractivity contribution in [2.45, 2.75) is 39.0 Å². The summed E-state index contributed by atoms with van der Waals surface area (Å²) in [6, 6.07) is 5.16. The minimum atomic E-state index is -0.293. The summed E-state index contributed by atoms with van der Waals surface area (Å²) in [6.07, 6.45) is 6.05. The number of nitrogens with one attached hydrogen (secondary N) is 1. The van der Waals surface area contributed by atoms with E-state index in [4.69, 9.17) is 11.6 Å². The van der Waals surface area contributed by atoms with Gasteiger partial charge in [-0.25, -0.2) is 4.39 Å². The maximum atomic E-state index is 13.5. The van der Waals surface area contributed by atoms with Crippen molar-refractivity contribution in [2.24, 2.45) is 11.8 Å². The zero-order valence-corrected chi connectivity index (χ0v) is 12.3. The summed E-state index contributed by atoms with van der Waals surface area (Å²) in [4.78, 5) is 0. The first-order valence-corrected chi connectivity index (χ1v) is 7.73. The van der Waals surface area contributed by atoms with E-state index >= 15 is 0 Å². The van der Waals surface area contributed by atoms with E-state index in [1.807, 2.05) is 6.07 Å². The SMILES string of the molecule is CCNCC1CCCCC1Cc1cccc(F)c1Cl. The molecule has 106 valence electrons. The van der Waals surface area contributed by atoms with Crippen molar-refractivity contribution in [3.8, 4) is 0 Å². The van der Waals surface area contributed by atoms with E-state index in [1.54, 1.807) is 6.07 Å². The van der Waals surface area contributed by atoms with Gasteiger partial charge in [-0.1, -0.05) is 43.5 Å². The molecule has 1 saturated carbocycles. The fourth-order valence-corrected chi connectivity index (χ4v) is 3.34. The maximum Gasteiger partial charge on any atom is 0.142 e. The molecule has 2 atom stereocenters. The summed E-state index contributed by atoms with van der Waals surface area (Å²) >= 11 is 6.07. The molecule has 2 unspecified atom stereocenters. The van der Waals surface area contributed by atoms with E-state index in [0.717, 1.165) is 25.1 Å². The van der Waals surface area contributed by atoms with Gasteiger partial charge in [-0.15, -0.1) is 0 Å². The average molecular weight is 284 g/mol. The van der Waals surface area contributed by atoms with E-state index in [1.165, 1.54) is 31.7 Å². The maximum absolute atomic E-state index is 13.5. The molecule has 0 aliphatic heterocycles. The molecule has 2 rings (SSSR count). The highest BCUT2D eigenvalue weighted by Crippen LogP contribution is 2.34. The minimum Gasteiger partial charge on any atom is -0.317 e. The van der Waals surface area contributed by atoms with Gasteiger partial charge in [0.05, 0.1) is 5.02 Å². The first-order chi connectivity index (χ1) is 9.22. The van der Waals surface area contributed by atoms with Gasteiger partial charge < -0.3 is 5.32 Å². The summed E-state index contributed by atoms with van der Waals surface area (Å²) in [7, 11) is 0. The lowest BCUT2D eigenvalue weighted by Gasteiger charge is -2.32. The molecule has 1 aliphatic carbocycles. The molecule has 1 N–H and O–H groups in total. The zero-order chi connectivity index (χ0) is 13.7. The second kappa shape index (κ2) is 7.25. The van der Waals surface area contributed by atoms with Gasteiger partial charge in [0.1, 0.15) is 5.82 Å². The van der Waals surface area contributed by atoms with E-state index < -0.39 is 0 Å². The summed E-state index contributed by atoms with van der Waals surface area (Å²) in [5.74, 6) is 1.04. The van der Waals surface area contributed by atoms with Gasteiger partial charge >= 0.3 is 0 Å². The third-order valence-corrected chi connectivity index (χ3v) is 4.66. The third kappa shape index (κ3) is 3.93. The second-order valence-corrected chi connectivity index (χ2v) is 5.91. The van der Waals surface area contributed by atoms with Gasteiger partial charge in [-0.3, -0.25) is 0 Å². The van der Waals surface area contributed by atoms with Crippen LogP contribution in [0.1, 0.15) is 38.2 Å². The Kier molecular flexibility index (Phi) is 5.65. The summed E-state index contributed by atoms with van der Waals surface area (Å²) < 4.78 is 13.5. The van der Waals surface area contributed by atoms with Crippen molar-refractivity contribution in [3.63, 3.8) is 0 Å². The predicted molar refractivity (Wildman–Crippen MR) is 79.1 cm³/mol. The molecule has 0 amide bonds. The Morgan fingerprint density at radius 2 is 2.00 bits per heavy atom. The minimum absolute atomic E-state index is 0.293. The van der Waals surface area contributed by atoms with Crippen LogP contribution in [0.25, 0.3) is 0 Å². The Morgan fingerprint density at radius 3 is 2.74 bits per heavy atom. The summed E-state index contributed by atoms with van der Waals surface area (Å²) in [5.41, 5.74) is 0.968. The van der Waals surface area contributed by atoms with Gasteiger partial charge in [0.25, 0.3) is 0 Å². The number of hydrogen-bond donors (Lipinski definition) is 1. The molecule has 0 radical (unpaired) electrons. The van der Waals surface area contributed by atoms with Crippen LogP contribution in [0.4, 0.5) is 4.39 Å². The van der Waals surface area contributed by atoms with Gasteiger partial charge in [0.2, 0.25) is 0 Å².